The molecule has 1 aromatic rings. The molecule has 2 fully saturated rings. The fraction of sp³-hybridized carbons (Fsp3) is 0.833. The number of rotatable bonds is 3. The number of hydrogen-bond acceptors (Lipinski definition) is 4. The van der Waals surface area contributed by atoms with Crippen molar-refractivity contribution in [1.29, 1.82) is 0 Å². The average molecular weight is 235 g/mol. The summed E-state index contributed by atoms with van der Waals surface area (Å²) in [5.74, 6) is 1.08. The first-order valence-electron chi connectivity index (χ1n) is 6.58. The van der Waals surface area contributed by atoms with Gasteiger partial charge >= 0.3 is 0 Å². The second kappa shape index (κ2) is 4.38. The van der Waals surface area contributed by atoms with E-state index < -0.39 is 0 Å². The minimum Gasteiger partial charge on any atom is -0.328 e. The summed E-state index contributed by atoms with van der Waals surface area (Å²) in [6.07, 6.45) is 7.79. The molecule has 5 nitrogen and oxygen atoms in total. The summed E-state index contributed by atoms with van der Waals surface area (Å²) in [6.45, 7) is 1.11. The molecule has 2 N–H and O–H groups in total. The van der Waals surface area contributed by atoms with E-state index in [4.69, 9.17) is 5.73 Å². The van der Waals surface area contributed by atoms with Crippen LogP contribution in [0.4, 0.5) is 0 Å². The van der Waals surface area contributed by atoms with E-state index in [2.05, 4.69) is 15.1 Å². The third-order valence-corrected chi connectivity index (χ3v) is 4.32. The Bertz CT molecular complexity index is 374. The predicted molar refractivity (Wildman–Crippen MR) is 65.4 cm³/mol. The molecule has 0 spiro atoms. The smallest absolute Gasteiger partial charge is 0.133 e. The van der Waals surface area contributed by atoms with E-state index in [1.807, 2.05) is 11.6 Å². The van der Waals surface area contributed by atoms with Gasteiger partial charge in [0.15, 0.2) is 0 Å². The van der Waals surface area contributed by atoms with Crippen molar-refractivity contribution in [3.8, 4) is 0 Å². The van der Waals surface area contributed by atoms with Gasteiger partial charge < -0.3 is 10.3 Å². The van der Waals surface area contributed by atoms with E-state index in [9.17, 15) is 0 Å². The molecule has 2 atom stereocenters. The van der Waals surface area contributed by atoms with Gasteiger partial charge in [-0.3, -0.25) is 4.90 Å². The maximum Gasteiger partial charge on any atom is 0.133 e. The van der Waals surface area contributed by atoms with Gasteiger partial charge in [0.25, 0.3) is 0 Å². The van der Waals surface area contributed by atoms with E-state index in [0.29, 0.717) is 6.04 Å². The Labute approximate surface area is 102 Å². The minimum atomic E-state index is 0.429. The molecule has 2 unspecified atom stereocenters. The topological polar surface area (TPSA) is 60.0 Å². The van der Waals surface area contributed by atoms with Gasteiger partial charge in [-0.1, -0.05) is 0 Å². The van der Waals surface area contributed by atoms with E-state index >= 15 is 0 Å². The number of fused-ring (bicyclic) bond motifs is 2. The van der Waals surface area contributed by atoms with Gasteiger partial charge in [0.1, 0.15) is 12.2 Å². The Morgan fingerprint density at radius 2 is 2.06 bits per heavy atom. The van der Waals surface area contributed by atoms with Gasteiger partial charge in [-0.2, -0.15) is 0 Å². The van der Waals surface area contributed by atoms with Crippen LogP contribution in [0.25, 0.3) is 0 Å². The highest BCUT2D eigenvalue weighted by Crippen LogP contribution is 2.34. The van der Waals surface area contributed by atoms with Crippen LogP contribution in [0.2, 0.25) is 0 Å². The molecule has 1 aromatic heterocycles. The molecule has 0 saturated carbocycles. The van der Waals surface area contributed by atoms with Crippen LogP contribution in [-0.2, 0) is 13.5 Å². The lowest BCUT2D eigenvalue weighted by Crippen LogP contribution is -2.48. The Hall–Kier alpha value is -0.940. The number of piperidine rings is 1. The number of aryl methyl sites for hydroxylation is 1. The molecule has 2 saturated heterocycles. The predicted octanol–water partition coefficient (Wildman–Crippen LogP) is 0.312. The quantitative estimate of drug-likeness (QED) is 0.819. The lowest BCUT2D eigenvalue weighted by Gasteiger charge is -2.37. The van der Waals surface area contributed by atoms with Crippen LogP contribution in [0.3, 0.4) is 0 Å². The van der Waals surface area contributed by atoms with E-state index in [-0.39, 0.29) is 0 Å². The molecule has 2 aliphatic heterocycles. The SMILES string of the molecule is Cn1cnnc1CCN1C2CCC1CC(N)C2. The van der Waals surface area contributed by atoms with Crippen molar-refractivity contribution in [3.63, 3.8) is 0 Å². The average Bonchev–Trinajstić information content (AvgIpc) is 2.79. The lowest BCUT2D eigenvalue weighted by atomic mass is 9.98. The third kappa shape index (κ3) is 2.09. The second-order valence-electron chi connectivity index (χ2n) is 5.46. The zero-order valence-electron chi connectivity index (χ0n) is 10.4. The van der Waals surface area contributed by atoms with Gasteiger partial charge in [-0.25, -0.2) is 0 Å². The Balaban J connectivity index is 1.61. The minimum absolute atomic E-state index is 0.429. The fourth-order valence-electron chi connectivity index (χ4n) is 3.44. The first kappa shape index (κ1) is 11.2. The number of hydrogen-bond donors (Lipinski definition) is 1. The summed E-state index contributed by atoms with van der Waals surface area (Å²) in [6, 6.07) is 1.87. The van der Waals surface area contributed by atoms with Crippen molar-refractivity contribution in [3.05, 3.63) is 12.2 Å². The first-order valence-corrected chi connectivity index (χ1v) is 6.58. The molecule has 0 radical (unpaired) electrons. The molecule has 5 heteroatoms. The van der Waals surface area contributed by atoms with Gasteiger partial charge in [0.2, 0.25) is 0 Å². The summed E-state index contributed by atoms with van der Waals surface area (Å²) >= 11 is 0. The standard InChI is InChI=1S/C12H21N5/c1-16-8-14-15-12(16)4-5-17-10-2-3-11(17)7-9(13)6-10/h8-11H,2-7,13H2,1H3. The molecule has 3 heterocycles. The molecule has 17 heavy (non-hydrogen) atoms. The van der Waals surface area contributed by atoms with Gasteiger partial charge in [-0.15, -0.1) is 10.2 Å². The highest BCUT2D eigenvalue weighted by Gasteiger charge is 2.39. The largest absolute Gasteiger partial charge is 0.328 e. The zero-order valence-corrected chi connectivity index (χ0v) is 10.4. The van der Waals surface area contributed by atoms with Crippen LogP contribution >= 0.6 is 0 Å². The van der Waals surface area contributed by atoms with Crippen LogP contribution in [0, 0.1) is 0 Å². The van der Waals surface area contributed by atoms with Crippen LogP contribution in [0.15, 0.2) is 6.33 Å². The summed E-state index contributed by atoms with van der Waals surface area (Å²) in [7, 11) is 2.01. The number of nitrogens with two attached hydrogens (primary N) is 1. The van der Waals surface area contributed by atoms with Gasteiger partial charge in [0, 0.05) is 38.1 Å². The Morgan fingerprint density at radius 3 is 2.65 bits per heavy atom. The summed E-state index contributed by atoms with van der Waals surface area (Å²) in [4.78, 5) is 2.65. The molecule has 0 amide bonds. The Morgan fingerprint density at radius 1 is 1.35 bits per heavy atom. The van der Waals surface area contributed by atoms with Crippen LogP contribution in [-0.4, -0.2) is 44.3 Å². The molecular formula is C12H21N5. The lowest BCUT2D eigenvalue weighted by molar-refractivity contribution is 0.128. The second-order valence-corrected chi connectivity index (χ2v) is 5.46. The molecule has 2 aliphatic rings. The van der Waals surface area contributed by atoms with Crippen LogP contribution < -0.4 is 5.73 Å². The van der Waals surface area contributed by atoms with Crippen molar-refractivity contribution in [2.75, 3.05) is 6.54 Å². The van der Waals surface area contributed by atoms with Gasteiger partial charge in [-0.05, 0) is 25.7 Å². The van der Waals surface area contributed by atoms with E-state index in [0.717, 1.165) is 30.9 Å². The maximum absolute atomic E-state index is 6.08. The summed E-state index contributed by atoms with van der Waals surface area (Å²) in [5, 5.41) is 8.07. The number of aromatic nitrogens is 3. The van der Waals surface area contributed by atoms with E-state index in [1.54, 1.807) is 6.33 Å². The monoisotopic (exact) mass is 235 g/mol. The number of nitrogens with zero attached hydrogens (tertiary/aromatic N) is 4. The third-order valence-electron chi connectivity index (χ3n) is 4.32. The van der Waals surface area contributed by atoms with Crippen molar-refractivity contribution in [2.24, 2.45) is 12.8 Å². The van der Waals surface area contributed by atoms with Crippen molar-refractivity contribution in [2.45, 2.75) is 50.2 Å². The van der Waals surface area contributed by atoms with Crippen molar-refractivity contribution >= 4 is 0 Å². The normalized spacial score (nSPS) is 33.2. The summed E-state index contributed by atoms with van der Waals surface area (Å²) < 4.78 is 2.01. The van der Waals surface area contributed by atoms with Crippen molar-refractivity contribution < 1.29 is 0 Å². The highest BCUT2D eigenvalue weighted by molar-refractivity contribution is 4.98. The van der Waals surface area contributed by atoms with Crippen LogP contribution in [0.1, 0.15) is 31.5 Å². The Kier molecular flexibility index (Phi) is 2.88. The summed E-state index contributed by atoms with van der Waals surface area (Å²) in [5.41, 5.74) is 6.08. The fourth-order valence-corrected chi connectivity index (χ4v) is 3.44. The zero-order chi connectivity index (χ0) is 11.8. The van der Waals surface area contributed by atoms with Crippen molar-refractivity contribution in [1.82, 2.24) is 19.7 Å². The van der Waals surface area contributed by atoms with Gasteiger partial charge in [0.05, 0.1) is 0 Å². The van der Waals surface area contributed by atoms with Crippen LogP contribution in [0.5, 0.6) is 0 Å². The highest BCUT2D eigenvalue weighted by atomic mass is 15.3. The molecule has 2 bridgehead atoms. The first-order chi connectivity index (χ1) is 8.24. The molecular weight excluding hydrogens is 214 g/mol. The molecule has 94 valence electrons. The molecule has 0 aromatic carbocycles. The van der Waals surface area contributed by atoms with E-state index in [1.165, 1.54) is 25.7 Å². The molecule has 3 rings (SSSR count). The molecule has 0 aliphatic carbocycles. The maximum atomic E-state index is 6.08.